The van der Waals surface area contributed by atoms with Crippen molar-refractivity contribution >= 4 is 5.91 Å². The van der Waals surface area contributed by atoms with Crippen LogP contribution >= 0.6 is 0 Å². The molecule has 2 heterocycles. The highest BCUT2D eigenvalue weighted by Crippen LogP contribution is 2.30. The Bertz CT molecular complexity index is 1030. The molecule has 0 spiro atoms. The molecule has 0 saturated carbocycles. The van der Waals surface area contributed by atoms with Gasteiger partial charge in [-0.25, -0.2) is 0 Å². The van der Waals surface area contributed by atoms with E-state index in [1.54, 1.807) is 12.4 Å². The molecule has 2 aromatic carbocycles. The van der Waals surface area contributed by atoms with E-state index in [0.29, 0.717) is 6.42 Å². The van der Waals surface area contributed by atoms with E-state index < -0.39 is 0 Å². The van der Waals surface area contributed by atoms with Gasteiger partial charge in [-0.3, -0.25) is 9.78 Å². The minimum absolute atomic E-state index is 0.00282. The first-order chi connectivity index (χ1) is 14.0. The molecule has 1 aliphatic heterocycles. The molecule has 1 aromatic heterocycles. The molecule has 4 nitrogen and oxygen atoms in total. The molecule has 3 aromatic rings. The first kappa shape index (κ1) is 19.2. The molecule has 0 bridgehead atoms. The first-order valence-electron chi connectivity index (χ1n) is 10.0. The number of aromatic nitrogens is 1. The van der Waals surface area contributed by atoms with Crippen molar-refractivity contribution in [3.63, 3.8) is 0 Å². The third-order valence-electron chi connectivity index (χ3n) is 5.53. The van der Waals surface area contributed by atoms with Crippen molar-refractivity contribution in [3.8, 4) is 5.75 Å². The van der Waals surface area contributed by atoms with Gasteiger partial charge in [-0.1, -0.05) is 30.3 Å². The van der Waals surface area contributed by atoms with Gasteiger partial charge in [-0.2, -0.15) is 0 Å². The van der Waals surface area contributed by atoms with Crippen molar-refractivity contribution in [2.75, 3.05) is 0 Å². The second kappa shape index (κ2) is 8.08. The molecule has 0 saturated heterocycles. The van der Waals surface area contributed by atoms with E-state index in [1.807, 2.05) is 24.3 Å². The van der Waals surface area contributed by atoms with Crippen LogP contribution in [0, 0.1) is 13.8 Å². The predicted molar refractivity (Wildman–Crippen MR) is 114 cm³/mol. The highest BCUT2D eigenvalue weighted by Gasteiger charge is 2.21. The predicted octanol–water partition coefficient (Wildman–Crippen LogP) is 4.47. The van der Waals surface area contributed by atoms with Gasteiger partial charge in [0.2, 0.25) is 5.91 Å². The number of pyridine rings is 1. The van der Waals surface area contributed by atoms with E-state index in [1.165, 1.54) is 16.7 Å². The number of fused-ring (bicyclic) bond motifs is 1. The van der Waals surface area contributed by atoms with Crippen LogP contribution in [0.3, 0.4) is 0 Å². The number of nitrogens with zero attached hydrogens (tertiary/aromatic N) is 1. The summed E-state index contributed by atoms with van der Waals surface area (Å²) in [5.74, 6) is 0.934. The van der Waals surface area contributed by atoms with Gasteiger partial charge in [0.25, 0.3) is 0 Å². The van der Waals surface area contributed by atoms with E-state index in [-0.39, 0.29) is 18.1 Å². The summed E-state index contributed by atoms with van der Waals surface area (Å²) in [7, 11) is 0. The number of benzene rings is 2. The minimum Gasteiger partial charge on any atom is -0.490 e. The van der Waals surface area contributed by atoms with Gasteiger partial charge in [0.1, 0.15) is 11.9 Å². The molecule has 0 aliphatic carbocycles. The van der Waals surface area contributed by atoms with Gasteiger partial charge in [-0.05, 0) is 72.4 Å². The van der Waals surface area contributed by atoms with Crippen LogP contribution in [-0.4, -0.2) is 17.0 Å². The van der Waals surface area contributed by atoms with Crippen LogP contribution in [0.1, 0.15) is 46.3 Å². The quantitative estimate of drug-likeness (QED) is 0.704. The van der Waals surface area contributed by atoms with Crippen molar-refractivity contribution < 1.29 is 9.53 Å². The number of hydrogen-bond donors (Lipinski definition) is 1. The summed E-state index contributed by atoms with van der Waals surface area (Å²) in [6.07, 6.45) is 4.96. The fraction of sp³-hybridized carbons (Fsp3) is 0.280. The van der Waals surface area contributed by atoms with Gasteiger partial charge in [0, 0.05) is 18.8 Å². The number of hydrogen-bond acceptors (Lipinski definition) is 3. The monoisotopic (exact) mass is 386 g/mol. The third kappa shape index (κ3) is 4.32. The van der Waals surface area contributed by atoms with Gasteiger partial charge >= 0.3 is 0 Å². The fourth-order valence-electron chi connectivity index (χ4n) is 3.84. The molecule has 148 valence electrons. The lowest BCUT2D eigenvalue weighted by molar-refractivity contribution is -0.120. The summed E-state index contributed by atoms with van der Waals surface area (Å²) < 4.78 is 5.76. The SMILES string of the molecule is Cc1ccc(C(NC(=O)Cc2ccc3c(c2)CC(C)O3)c2ccncc2)cc1C. The molecule has 4 heteroatoms. The Morgan fingerprint density at radius 1 is 1.07 bits per heavy atom. The average Bonchev–Trinajstić information content (AvgIpc) is 3.08. The van der Waals surface area contributed by atoms with Crippen LogP contribution in [0.5, 0.6) is 5.75 Å². The zero-order valence-corrected chi connectivity index (χ0v) is 17.1. The highest BCUT2D eigenvalue weighted by atomic mass is 16.5. The Labute approximate surface area is 172 Å². The largest absolute Gasteiger partial charge is 0.490 e. The molecular weight excluding hydrogens is 360 g/mol. The number of rotatable bonds is 5. The van der Waals surface area contributed by atoms with Gasteiger partial charge in [0.05, 0.1) is 12.5 Å². The van der Waals surface area contributed by atoms with Gasteiger partial charge in [-0.15, -0.1) is 0 Å². The molecule has 0 fully saturated rings. The van der Waals surface area contributed by atoms with Crippen molar-refractivity contribution in [1.82, 2.24) is 10.3 Å². The first-order valence-corrected chi connectivity index (χ1v) is 10.0. The second-order valence-electron chi connectivity index (χ2n) is 7.88. The molecule has 2 unspecified atom stereocenters. The van der Waals surface area contributed by atoms with Gasteiger partial charge in [0.15, 0.2) is 0 Å². The Balaban J connectivity index is 1.55. The summed E-state index contributed by atoms with van der Waals surface area (Å²) >= 11 is 0. The maximum Gasteiger partial charge on any atom is 0.225 e. The molecule has 1 N–H and O–H groups in total. The molecular formula is C25H26N2O2. The van der Waals surface area contributed by atoms with Crippen LogP contribution in [0.15, 0.2) is 60.9 Å². The molecule has 1 aliphatic rings. The topological polar surface area (TPSA) is 51.2 Å². The van der Waals surface area contributed by atoms with Gasteiger partial charge < -0.3 is 10.1 Å². The molecule has 0 radical (unpaired) electrons. The number of ether oxygens (including phenoxy) is 1. The minimum atomic E-state index is -0.206. The van der Waals surface area contributed by atoms with Crippen LogP contribution in [-0.2, 0) is 17.6 Å². The number of carbonyl (C=O) groups is 1. The Hall–Kier alpha value is -3.14. The fourth-order valence-corrected chi connectivity index (χ4v) is 3.84. The highest BCUT2D eigenvalue weighted by molar-refractivity contribution is 5.79. The summed E-state index contributed by atoms with van der Waals surface area (Å²) in [6.45, 7) is 6.25. The molecule has 29 heavy (non-hydrogen) atoms. The van der Waals surface area contributed by atoms with Crippen LogP contribution in [0.4, 0.5) is 0 Å². The lowest BCUT2D eigenvalue weighted by Gasteiger charge is -2.21. The van der Waals surface area contributed by atoms with Crippen molar-refractivity contribution in [2.45, 2.75) is 45.8 Å². The number of amides is 1. The molecule has 2 atom stereocenters. The Kier molecular flexibility index (Phi) is 5.34. The number of nitrogens with one attached hydrogen (secondary N) is 1. The standard InChI is InChI=1S/C25H26N2O2/c1-16-4-6-21(12-17(16)2)25(20-8-10-26-11-9-20)27-24(28)15-19-5-7-23-22(14-19)13-18(3)29-23/h4-12,14,18,25H,13,15H2,1-3H3,(H,27,28). The van der Waals surface area contributed by atoms with Crippen LogP contribution in [0.2, 0.25) is 0 Å². The average molecular weight is 386 g/mol. The van der Waals surface area contributed by atoms with E-state index >= 15 is 0 Å². The molecule has 4 rings (SSSR count). The summed E-state index contributed by atoms with van der Waals surface area (Å²) in [6, 6.07) is 16.1. The van der Waals surface area contributed by atoms with E-state index in [0.717, 1.165) is 28.9 Å². The van der Waals surface area contributed by atoms with E-state index in [4.69, 9.17) is 4.74 Å². The third-order valence-corrected chi connectivity index (χ3v) is 5.53. The zero-order chi connectivity index (χ0) is 20.4. The summed E-state index contributed by atoms with van der Waals surface area (Å²) in [5, 5.41) is 3.22. The Morgan fingerprint density at radius 2 is 1.86 bits per heavy atom. The van der Waals surface area contributed by atoms with E-state index in [2.05, 4.69) is 55.3 Å². The smallest absolute Gasteiger partial charge is 0.225 e. The normalized spacial score (nSPS) is 16.0. The van der Waals surface area contributed by atoms with E-state index in [9.17, 15) is 4.79 Å². The zero-order valence-electron chi connectivity index (χ0n) is 17.1. The summed E-state index contributed by atoms with van der Waals surface area (Å²) in [4.78, 5) is 17.0. The van der Waals surface area contributed by atoms with Crippen LogP contribution < -0.4 is 10.1 Å². The Morgan fingerprint density at radius 3 is 2.62 bits per heavy atom. The number of aryl methyl sites for hydroxylation is 2. The lowest BCUT2D eigenvalue weighted by Crippen LogP contribution is -2.30. The maximum atomic E-state index is 12.9. The maximum absolute atomic E-state index is 12.9. The molecule has 1 amide bonds. The van der Waals surface area contributed by atoms with Crippen molar-refractivity contribution in [3.05, 3.63) is 94.3 Å². The number of carbonyl (C=O) groups excluding carboxylic acids is 1. The van der Waals surface area contributed by atoms with Crippen molar-refractivity contribution in [1.29, 1.82) is 0 Å². The van der Waals surface area contributed by atoms with Crippen LogP contribution in [0.25, 0.3) is 0 Å². The second-order valence-corrected chi connectivity index (χ2v) is 7.88. The lowest BCUT2D eigenvalue weighted by atomic mass is 9.96. The summed E-state index contributed by atoms with van der Waals surface area (Å²) in [5.41, 5.74) is 6.73. The van der Waals surface area contributed by atoms with Crippen molar-refractivity contribution in [2.24, 2.45) is 0 Å².